The Morgan fingerprint density at radius 1 is 1.19 bits per heavy atom. The SMILES string of the molecule is Cc1cc([C@@H]2[C@H](c3ccccn3)NC(=S)N2CCO)c(C)n1-c1ccccc1C(=O)O. The van der Waals surface area contributed by atoms with E-state index in [9.17, 15) is 15.0 Å². The van der Waals surface area contributed by atoms with Gasteiger partial charge in [-0.3, -0.25) is 4.98 Å². The Morgan fingerprint density at radius 3 is 2.61 bits per heavy atom. The van der Waals surface area contributed by atoms with Gasteiger partial charge in [0.2, 0.25) is 0 Å². The number of aliphatic hydroxyl groups excluding tert-OH is 1. The summed E-state index contributed by atoms with van der Waals surface area (Å²) in [5, 5.41) is 23.3. The first-order chi connectivity index (χ1) is 14.9. The Hall–Kier alpha value is -3.23. The summed E-state index contributed by atoms with van der Waals surface area (Å²) >= 11 is 5.58. The molecule has 7 nitrogen and oxygen atoms in total. The molecular weight excluding hydrogens is 412 g/mol. The van der Waals surface area contributed by atoms with E-state index in [1.54, 1.807) is 18.3 Å². The third-order valence-corrected chi connectivity index (χ3v) is 6.06. The number of hydrogen-bond acceptors (Lipinski definition) is 4. The van der Waals surface area contributed by atoms with Crippen molar-refractivity contribution in [2.24, 2.45) is 0 Å². The van der Waals surface area contributed by atoms with Gasteiger partial charge in [-0.15, -0.1) is 0 Å². The average Bonchev–Trinajstić information content (AvgIpc) is 3.24. The van der Waals surface area contributed by atoms with E-state index in [0.717, 1.165) is 22.6 Å². The zero-order valence-corrected chi connectivity index (χ0v) is 18.1. The second kappa shape index (κ2) is 8.49. The van der Waals surface area contributed by atoms with Crippen LogP contribution in [0.25, 0.3) is 5.69 Å². The molecule has 0 saturated carbocycles. The maximum atomic E-state index is 11.8. The molecule has 1 aliphatic rings. The number of para-hydroxylation sites is 1. The summed E-state index contributed by atoms with van der Waals surface area (Å²) < 4.78 is 1.97. The normalized spacial score (nSPS) is 18.3. The quantitative estimate of drug-likeness (QED) is 0.512. The fourth-order valence-corrected chi connectivity index (χ4v) is 4.73. The van der Waals surface area contributed by atoms with Crippen molar-refractivity contribution in [3.8, 4) is 5.69 Å². The standard InChI is InChI=1S/C23H24N4O3S/c1-14-13-17(15(2)27(14)19-9-4-3-7-16(19)22(29)30)21-20(18-8-5-6-10-24-18)25-23(31)26(21)11-12-28/h3-10,13,20-21,28H,11-12H2,1-2H3,(H,25,31)(H,29,30)/t20-,21+/m0/s1. The van der Waals surface area contributed by atoms with Crippen molar-refractivity contribution in [1.29, 1.82) is 0 Å². The zero-order valence-electron chi connectivity index (χ0n) is 17.3. The lowest BCUT2D eigenvalue weighted by molar-refractivity contribution is 0.0697. The van der Waals surface area contributed by atoms with Crippen LogP contribution in [0.4, 0.5) is 0 Å². The Bertz CT molecular complexity index is 1130. The van der Waals surface area contributed by atoms with Crippen LogP contribution in [0.2, 0.25) is 0 Å². The van der Waals surface area contributed by atoms with E-state index < -0.39 is 5.97 Å². The van der Waals surface area contributed by atoms with E-state index in [0.29, 0.717) is 17.3 Å². The molecule has 8 heteroatoms. The number of carboxylic acid groups (broad SMARTS) is 1. The maximum Gasteiger partial charge on any atom is 0.337 e. The van der Waals surface area contributed by atoms with E-state index in [-0.39, 0.29) is 24.3 Å². The summed E-state index contributed by atoms with van der Waals surface area (Å²) in [6.45, 7) is 4.29. The van der Waals surface area contributed by atoms with Crippen molar-refractivity contribution in [2.75, 3.05) is 13.2 Å². The van der Waals surface area contributed by atoms with Crippen LogP contribution in [0.15, 0.2) is 54.7 Å². The fraction of sp³-hybridized carbons (Fsp3) is 0.261. The Balaban J connectivity index is 1.87. The number of aromatic nitrogens is 2. The zero-order chi connectivity index (χ0) is 22.1. The average molecular weight is 437 g/mol. The predicted molar refractivity (Wildman–Crippen MR) is 121 cm³/mol. The van der Waals surface area contributed by atoms with Crippen LogP contribution in [0.5, 0.6) is 0 Å². The number of aliphatic hydroxyl groups is 1. The van der Waals surface area contributed by atoms with Gasteiger partial charge in [-0.2, -0.15) is 0 Å². The number of carboxylic acids is 1. The van der Waals surface area contributed by atoms with E-state index >= 15 is 0 Å². The Labute approximate surface area is 186 Å². The molecule has 1 aliphatic heterocycles. The monoisotopic (exact) mass is 436 g/mol. The van der Waals surface area contributed by atoms with Gasteiger partial charge < -0.3 is 25.0 Å². The van der Waals surface area contributed by atoms with Gasteiger partial charge >= 0.3 is 5.97 Å². The second-order valence-electron chi connectivity index (χ2n) is 7.53. The van der Waals surface area contributed by atoms with E-state index in [4.69, 9.17) is 12.2 Å². The minimum atomic E-state index is -0.971. The lowest BCUT2D eigenvalue weighted by Gasteiger charge is -2.27. The molecule has 0 aliphatic carbocycles. The van der Waals surface area contributed by atoms with Gasteiger partial charge in [0, 0.05) is 24.1 Å². The van der Waals surface area contributed by atoms with Crippen molar-refractivity contribution in [2.45, 2.75) is 25.9 Å². The van der Waals surface area contributed by atoms with Crippen molar-refractivity contribution in [3.05, 3.63) is 82.9 Å². The number of thiocarbonyl (C=S) groups is 1. The molecule has 2 atom stereocenters. The van der Waals surface area contributed by atoms with Gasteiger partial charge in [0.1, 0.15) is 0 Å². The first-order valence-corrected chi connectivity index (χ1v) is 10.4. The van der Waals surface area contributed by atoms with Gasteiger partial charge in [0.25, 0.3) is 0 Å². The number of benzene rings is 1. The lowest BCUT2D eigenvalue weighted by Crippen LogP contribution is -2.32. The number of pyridine rings is 1. The van der Waals surface area contributed by atoms with Crippen molar-refractivity contribution in [3.63, 3.8) is 0 Å². The topological polar surface area (TPSA) is 90.6 Å². The molecule has 3 N–H and O–H groups in total. The molecule has 160 valence electrons. The minimum absolute atomic E-state index is 0.0339. The van der Waals surface area contributed by atoms with E-state index in [2.05, 4.69) is 16.4 Å². The number of rotatable bonds is 6. The molecule has 1 aromatic carbocycles. The molecule has 0 bridgehead atoms. The highest BCUT2D eigenvalue weighted by molar-refractivity contribution is 7.80. The summed E-state index contributed by atoms with van der Waals surface area (Å²) in [6.07, 6.45) is 1.75. The first kappa shape index (κ1) is 21.0. The fourth-order valence-electron chi connectivity index (χ4n) is 4.40. The smallest absolute Gasteiger partial charge is 0.337 e. The number of nitrogens with zero attached hydrogens (tertiary/aromatic N) is 3. The molecule has 4 rings (SSSR count). The number of aryl methyl sites for hydroxylation is 1. The molecular formula is C23H24N4O3S. The molecule has 1 fully saturated rings. The highest BCUT2D eigenvalue weighted by Gasteiger charge is 2.41. The van der Waals surface area contributed by atoms with Gasteiger partial charge in [0.15, 0.2) is 5.11 Å². The molecule has 31 heavy (non-hydrogen) atoms. The first-order valence-electron chi connectivity index (χ1n) is 10.0. The van der Waals surface area contributed by atoms with Gasteiger partial charge in [0.05, 0.1) is 35.6 Å². The molecule has 0 radical (unpaired) electrons. The van der Waals surface area contributed by atoms with Crippen LogP contribution in [0.3, 0.4) is 0 Å². The van der Waals surface area contributed by atoms with Gasteiger partial charge in [-0.05, 0) is 62.0 Å². The van der Waals surface area contributed by atoms with Crippen LogP contribution >= 0.6 is 12.2 Å². The summed E-state index contributed by atoms with van der Waals surface area (Å²) in [5.74, 6) is -0.971. The van der Waals surface area contributed by atoms with Crippen molar-refractivity contribution < 1.29 is 15.0 Å². The second-order valence-corrected chi connectivity index (χ2v) is 7.91. The largest absolute Gasteiger partial charge is 0.478 e. The van der Waals surface area contributed by atoms with Crippen molar-refractivity contribution >= 4 is 23.3 Å². The van der Waals surface area contributed by atoms with Crippen LogP contribution in [0, 0.1) is 13.8 Å². The van der Waals surface area contributed by atoms with E-state index in [1.807, 2.05) is 53.6 Å². The van der Waals surface area contributed by atoms with E-state index in [1.165, 1.54) is 0 Å². The Kier molecular flexibility index (Phi) is 5.75. The minimum Gasteiger partial charge on any atom is -0.478 e. The van der Waals surface area contributed by atoms with Gasteiger partial charge in [-0.25, -0.2) is 4.79 Å². The number of nitrogens with one attached hydrogen (secondary N) is 1. The molecule has 0 spiro atoms. The number of aromatic carboxylic acids is 1. The Morgan fingerprint density at radius 2 is 1.94 bits per heavy atom. The highest BCUT2D eigenvalue weighted by atomic mass is 32.1. The molecule has 3 heterocycles. The van der Waals surface area contributed by atoms with Crippen LogP contribution in [0.1, 0.15) is 45.1 Å². The maximum absolute atomic E-state index is 11.8. The molecule has 1 saturated heterocycles. The predicted octanol–water partition coefficient (Wildman–Crippen LogP) is 3.15. The molecule has 0 unspecified atom stereocenters. The van der Waals surface area contributed by atoms with Gasteiger partial charge in [-0.1, -0.05) is 18.2 Å². The van der Waals surface area contributed by atoms with Crippen LogP contribution < -0.4 is 5.32 Å². The molecule has 3 aromatic rings. The lowest BCUT2D eigenvalue weighted by atomic mass is 9.97. The summed E-state index contributed by atoms with van der Waals surface area (Å²) in [5.41, 5.74) is 4.56. The third kappa shape index (κ3) is 3.68. The number of hydrogen-bond donors (Lipinski definition) is 3. The molecule has 2 aromatic heterocycles. The number of carbonyl (C=O) groups is 1. The summed E-state index contributed by atoms with van der Waals surface area (Å²) in [6, 6.07) is 14.4. The summed E-state index contributed by atoms with van der Waals surface area (Å²) in [4.78, 5) is 18.3. The third-order valence-electron chi connectivity index (χ3n) is 5.70. The summed E-state index contributed by atoms with van der Waals surface area (Å²) in [7, 11) is 0. The van der Waals surface area contributed by atoms with Crippen LogP contribution in [-0.4, -0.2) is 48.9 Å². The highest BCUT2D eigenvalue weighted by Crippen LogP contribution is 2.41. The molecule has 0 amide bonds. The van der Waals surface area contributed by atoms with Crippen LogP contribution in [-0.2, 0) is 0 Å². The van der Waals surface area contributed by atoms with Crippen molar-refractivity contribution in [1.82, 2.24) is 19.8 Å². The number of β-amino-alcohol motifs (C(OH)–C–C–N with tert-alkyl or cyclic N) is 1.